The van der Waals surface area contributed by atoms with E-state index in [0.717, 1.165) is 18.6 Å². The first-order valence-corrected chi connectivity index (χ1v) is 11.7. The van der Waals surface area contributed by atoms with Crippen molar-refractivity contribution in [1.82, 2.24) is 9.24 Å². The van der Waals surface area contributed by atoms with Gasteiger partial charge in [-0.15, -0.1) is 0 Å². The molecule has 1 aliphatic heterocycles. The van der Waals surface area contributed by atoms with Crippen LogP contribution in [-0.2, 0) is 0 Å². The van der Waals surface area contributed by atoms with Crippen LogP contribution in [0.5, 0.6) is 5.75 Å². The molecule has 1 saturated carbocycles. The number of para-hydroxylation sites is 1. The molecule has 4 N–H and O–H groups in total. The number of nitrogens with two attached hydrogens (primary N) is 2. The number of hydrogen-bond acceptors (Lipinski definition) is 6. The first kappa shape index (κ1) is 22.5. The van der Waals surface area contributed by atoms with Gasteiger partial charge in [0.05, 0.1) is 16.6 Å². The Balaban J connectivity index is 1.46. The minimum atomic E-state index is -0.679. The van der Waals surface area contributed by atoms with Gasteiger partial charge >= 0.3 is 5.69 Å². The molecule has 0 unspecified atom stereocenters. The molecular weight excluding hydrogens is 437 g/mol. The van der Waals surface area contributed by atoms with Crippen LogP contribution in [0.4, 0.5) is 10.1 Å². The SMILES string of the molecule is Cc1c(N2C[C@H](C[C@@H](N)Oc3ccccc3)[C@H](C)C2)c(F)cc2c(=O)n(N)c(=O)n(C3CC3)c12. The standard InChI is InChI=1S/C25H30FN5O3/c1-14-12-29(13-16(14)10-21(27)34-18-6-4-3-5-7-18)23-15(2)22-19(11-20(23)26)24(32)31(28)25(33)30(22)17-8-9-17/h3-7,11,14,16-17,21H,8-10,12-13,27-28H2,1-2H3/t14-,16+,21+/m1/s1. The predicted octanol–water partition coefficient (Wildman–Crippen LogP) is 2.49. The zero-order valence-corrected chi connectivity index (χ0v) is 19.4. The van der Waals surface area contributed by atoms with Gasteiger partial charge in [-0.2, -0.15) is 4.68 Å². The van der Waals surface area contributed by atoms with Gasteiger partial charge < -0.3 is 15.5 Å². The smallest absolute Gasteiger partial charge is 0.350 e. The Labute approximate surface area is 196 Å². The Morgan fingerprint density at radius 3 is 2.56 bits per heavy atom. The number of aromatic nitrogens is 2. The number of benzene rings is 2. The summed E-state index contributed by atoms with van der Waals surface area (Å²) in [5, 5.41) is 0.134. The molecule has 1 aliphatic carbocycles. The monoisotopic (exact) mass is 467 g/mol. The van der Waals surface area contributed by atoms with Crippen molar-refractivity contribution in [3.05, 3.63) is 68.6 Å². The molecule has 1 saturated heterocycles. The van der Waals surface area contributed by atoms with Crippen LogP contribution in [0, 0.1) is 24.6 Å². The molecule has 0 amide bonds. The number of fused-ring (bicyclic) bond motifs is 1. The third kappa shape index (κ3) is 3.83. The van der Waals surface area contributed by atoms with Crippen molar-refractivity contribution < 1.29 is 9.13 Å². The molecule has 5 rings (SSSR count). The quantitative estimate of drug-likeness (QED) is 0.426. The minimum Gasteiger partial charge on any atom is -0.476 e. The van der Waals surface area contributed by atoms with Crippen LogP contribution >= 0.6 is 0 Å². The second kappa shape index (κ2) is 8.47. The molecule has 2 aliphatic rings. The highest BCUT2D eigenvalue weighted by Gasteiger charge is 2.35. The van der Waals surface area contributed by atoms with E-state index in [9.17, 15) is 9.59 Å². The number of rotatable bonds is 6. The van der Waals surface area contributed by atoms with Crippen molar-refractivity contribution in [2.75, 3.05) is 23.8 Å². The molecule has 0 bridgehead atoms. The molecule has 180 valence electrons. The zero-order valence-electron chi connectivity index (χ0n) is 19.4. The summed E-state index contributed by atoms with van der Waals surface area (Å²) in [5.74, 6) is 6.43. The Bertz CT molecular complexity index is 1350. The number of anilines is 1. The Morgan fingerprint density at radius 1 is 1.18 bits per heavy atom. The number of aryl methyl sites for hydroxylation is 1. The molecular formula is C25H30FN5O3. The summed E-state index contributed by atoms with van der Waals surface area (Å²) < 4.78 is 23.4. The van der Waals surface area contributed by atoms with Gasteiger partial charge in [0.2, 0.25) is 0 Å². The molecule has 0 spiro atoms. The maximum atomic E-state index is 15.4. The van der Waals surface area contributed by atoms with Crippen molar-refractivity contribution in [1.29, 1.82) is 0 Å². The third-order valence-corrected chi connectivity index (χ3v) is 7.13. The van der Waals surface area contributed by atoms with Crippen LogP contribution < -0.4 is 32.5 Å². The average Bonchev–Trinajstić information content (AvgIpc) is 3.57. The van der Waals surface area contributed by atoms with Gasteiger partial charge in [-0.05, 0) is 49.8 Å². The number of nitrogens with zero attached hydrogens (tertiary/aromatic N) is 3. The van der Waals surface area contributed by atoms with Crippen LogP contribution in [0.3, 0.4) is 0 Å². The lowest BCUT2D eigenvalue weighted by atomic mass is 9.94. The van der Waals surface area contributed by atoms with Crippen LogP contribution in [0.1, 0.15) is 37.8 Å². The van der Waals surface area contributed by atoms with Gasteiger partial charge in [0.25, 0.3) is 5.56 Å². The van der Waals surface area contributed by atoms with Crippen molar-refractivity contribution in [3.8, 4) is 5.75 Å². The highest BCUT2D eigenvalue weighted by molar-refractivity contribution is 5.87. The van der Waals surface area contributed by atoms with Crippen LogP contribution in [0.15, 0.2) is 46.0 Å². The van der Waals surface area contributed by atoms with Gasteiger partial charge in [-0.1, -0.05) is 25.1 Å². The van der Waals surface area contributed by atoms with E-state index < -0.39 is 23.3 Å². The highest BCUT2D eigenvalue weighted by atomic mass is 19.1. The lowest BCUT2D eigenvalue weighted by molar-refractivity contribution is 0.168. The van der Waals surface area contributed by atoms with Crippen LogP contribution in [0.25, 0.3) is 10.9 Å². The van der Waals surface area contributed by atoms with Gasteiger partial charge in [0, 0.05) is 31.1 Å². The summed E-state index contributed by atoms with van der Waals surface area (Å²) in [6, 6.07) is 10.7. The van der Waals surface area contributed by atoms with Gasteiger partial charge in [-0.3, -0.25) is 15.1 Å². The first-order valence-electron chi connectivity index (χ1n) is 11.7. The molecule has 3 atom stereocenters. The number of halogens is 1. The van der Waals surface area contributed by atoms with Gasteiger partial charge in [-0.25, -0.2) is 9.18 Å². The van der Waals surface area contributed by atoms with Crippen molar-refractivity contribution >= 4 is 16.6 Å². The minimum absolute atomic E-state index is 0.0132. The summed E-state index contributed by atoms with van der Waals surface area (Å²) in [6.07, 6.45) is 1.83. The Kier molecular flexibility index (Phi) is 5.59. The summed E-state index contributed by atoms with van der Waals surface area (Å²) in [5.41, 5.74) is 6.54. The second-order valence-electron chi connectivity index (χ2n) is 9.63. The lowest BCUT2D eigenvalue weighted by Gasteiger charge is -2.24. The summed E-state index contributed by atoms with van der Waals surface area (Å²) in [7, 11) is 0. The van der Waals surface area contributed by atoms with Crippen LogP contribution in [-0.4, -0.2) is 28.6 Å². The van der Waals surface area contributed by atoms with Crippen molar-refractivity contribution in [2.45, 2.75) is 45.4 Å². The van der Waals surface area contributed by atoms with E-state index in [4.69, 9.17) is 16.3 Å². The molecule has 2 aromatic carbocycles. The maximum absolute atomic E-state index is 15.4. The van der Waals surface area contributed by atoms with E-state index >= 15 is 4.39 Å². The van der Waals surface area contributed by atoms with Gasteiger partial charge in [0.15, 0.2) is 0 Å². The summed E-state index contributed by atoms with van der Waals surface area (Å²) in [6.45, 7) is 5.16. The molecule has 0 radical (unpaired) electrons. The highest BCUT2D eigenvalue weighted by Crippen LogP contribution is 2.40. The maximum Gasteiger partial charge on any atom is 0.350 e. The van der Waals surface area contributed by atoms with Crippen molar-refractivity contribution in [2.24, 2.45) is 17.6 Å². The summed E-state index contributed by atoms with van der Waals surface area (Å²) in [4.78, 5) is 27.5. The molecule has 34 heavy (non-hydrogen) atoms. The number of nitrogen functional groups attached to an aromatic ring is 1. The predicted molar refractivity (Wildman–Crippen MR) is 130 cm³/mol. The van der Waals surface area contributed by atoms with E-state index in [1.807, 2.05) is 35.2 Å². The lowest BCUT2D eigenvalue weighted by Crippen LogP contribution is -2.44. The second-order valence-corrected chi connectivity index (χ2v) is 9.63. The molecule has 9 heteroatoms. The molecule has 8 nitrogen and oxygen atoms in total. The number of ether oxygens (including phenoxy) is 1. The largest absolute Gasteiger partial charge is 0.476 e. The zero-order chi connectivity index (χ0) is 24.1. The fraction of sp³-hybridized carbons (Fsp3) is 0.440. The van der Waals surface area contributed by atoms with E-state index in [1.165, 1.54) is 6.07 Å². The van der Waals surface area contributed by atoms with E-state index in [-0.39, 0.29) is 23.3 Å². The molecule has 1 aromatic heterocycles. The molecule has 3 aromatic rings. The van der Waals surface area contributed by atoms with Crippen LogP contribution in [0.2, 0.25) is 0 Å². The number of hydrogen-bond donors (Lipinski definition) is 2. The van der Waals surface area contributed by atoms with E-state index in [2.05, 4.69) is 6.92 Å². The normalized spacial score (nSPS) is 21.2. The average molecular weight is 468 g/mol. The Hall–Kier alpha value is -3.33. The van der Waals surface area contributed by atoms with E-state index in [1.54, 1.807) is 11.5 Å². The topological polar surface area (TPSA) is 109 Å². The fourth-order valence-electron chi connectivity index (χ4n) is 5.26. The Morgan fingerprint density at radius 2 is 1.88 bits per heavy atom. The molecule has 2 heterocycles. The first-order chi connectivity index (χ1) is 16.3. The molecule has 2 fully saturated rings. The van der Waals surface area contributed by atoms with Gasteiger partial charge in [0.1, 0.15) is 17.8 Å². The summed E-state index contributed by atoms with van der Waals surface area (Å²) >= 11 is 0. The third-order valence-electron chi connectivity index (χ3n) is 7.13. The van der Waals surface area contributed by atoms with E-state index in [0.29, 0.717) is 41.0 Å². The fourth-order valence-corrected chi connectivity index (χ4v) is 5.26. The van der Waals surface area contributed by atoms with Crippen molar-refractivity contribution in [3.63, 3.8) is 0 Å².